The van der Waals surface area contributed by atoms with Crippen LogP contribution in [0.1, 0.15) is 28.0 Å². The van der Waals surface area contributed by atoms with Crippen LogP contribution in [0.4, 0.5) is 8.78 Å². The molecule has 76 valence electrons. The van der Waals surface area contributed by atoms with E-state index in [1.807, 2.05) is 0 Å². The van der Waals surface area contributed by atoms with E-state index < -0.39 is 23.5 Å². The van der Waals surface area contributed by atoms with Crippen LogP contribution in [0.25, 0.3) is 0 Å². The van der Waals surface area contributed by atoms with Crippen molar-refractivity contribution in [2.24, 2.45) is 0 Å². The van der Waals surface area contributed by atoms with Crippen LogP contribution in [0.15, 0.2) is 6.20 Å². The second kappa shape index (κ2) is 3.88. The second-order valence-electron chi connectivity index (χ2n) is 2.59. The molecule has 1 aromatic rings. The Kier molecular flexibility index (Phi) is 3.00. The number of rotatable bonds is 2. The van der Waals surface area contributed by atoms with Gasteiger partial charge in [0.25, 0.3) is 6.43 Å². The van der Waals surface area contributed by atoms with Gasteiger partial charge in [0.05, 0.1) is 21.8 Å². The lowest BCUT2D eigenvalue weighted by atomic mass is 10.1. The Hall–Kier alpha value is -1.23. The number of hydrogen-bond donors (Lipinski definition) is 1. The van der Waals surface area contributed by atoms with Crippen LogP contribution in [-0.4, -0.2) is 16.1 Å². The van der Waals surface area contributed by atoms with Gasteiger partial charge < -0.3 is 5.11 Å². The van der Waals surface area contributed by atoms with Crippen LogP contribution in [-0.2, 0) is 0 Å². The molecule has 0 saturated carbocycles. The maximum Gasteiger partial charge on any atom is 0.337 e. The molecule has 6 heteroatoms. The van der Waals surface area contributed by atoms with Crippen LogP contribution in [0, 0.1) is 6.92 Å². The molecule has 0 aliphatic heterocycles. The number of aromatic nitrogens is 1. The van der Waals surface area contributed by atoms with E-state index in [-0.39, 0.29) is 10.7 Å². The summed E-state index contributed by atoms with van der Waals surface area (Å²) in [6.45, 7) is 1.43. The van der Waals surface area contributed by atoms with Gasteiger partial charge in [0.1, 0.15) is 0 Å². The van der Waals surface area contributed by atoms with Gasteiger partial charge in [-0.3, -0.25) is 4.98 Å². The van der Waals surface area contributed by atoms with Crippen molar-refractivity contribution in [1.82, 2.24) is 4.98 Å². The monoisotopic (exact) mass is 221 g/mol. The van der Waals surface area contributed by atoms with Crippen molar-refractivity contribution in [1.29, 1.82) is 0 Å². The maximum absolute atomic E-state index is 12.5. The van der Waals surface area contributed by atoms with Gasteiger partial charge in [0, 0.05) is 6.20 Å². The van der Waals surface area contributed by atoms with Gasteiger partial charge in [-0.15, -0.1) is 0 Å². The lowest BCUT2D eigenvalue weighted by molar-refractivity contribution is 0.0684. The number of alkyl halides is 2. The number of aromatic carboxylic acids is 1. The van der Waals surface area contributed by atoms with E-state index in [0.29, 0.717) is 0 Å². The number of halogens is 3. The van der Waals surface area contributed by atoms with E-state index in [9.17, 15) is 13.6 Å². The third kappa shape index (κ3) is 1.82. The molecule has 0 amide bonds. The number of carboxylic acid groups (broad SMARTS) is 1. The summed E-state index contributed by atoms with van der Waals surface area (Å²) in [7, 11) is 0. The first-order chi connectivity index (χ1) is 6.45. The summed E-state index contributed by atoms with van der Waals surface area (Å²) >= 11 is 5.53. The summed E-state index contributed by atoms with van der Waals surface area (Å²) in [5.74, 6) is -1.46. The molecule has 0 aliphatic carbocycles. The number of carbonyl (C=O) groups is 1. The molecule has 0 spiro atoms. The topological polar surface area (TPSA) is 50.2 Å². The molecule has 1 N–H and O–H groups in total. The first kappa shape index (κ1) is 10.8. The molecule has 0 fully saturated rings. The fourth-order valence-electron chi connectivity index (χ4n) is 0.984. The normalized spacial score (nSPS) is 10.6. The molecule has 0 aliphatic rings. The van der Waals surface area contributed by atoms with Crippen molar-refractivity contribution < 1.29 is 18.7 Å². The zero-order valence-corrected chi connectivity index (χ0v) is 7.85. The zero-order chi connectivity index (χ0) is 10.9. The summed E-state index contributed by atoms with van der Waals surface area (Å²) in [6, 6.07) is 0. The van der Waals surface area contributed by atoms with E-state index in [1.165, 1.54) is 6.92 Å². The van der Waals surface area contributed by atoms with Crippen LogP contribution in [0.2, 0.25) is 5.02 Å². The Bertz CT molecular complexity index is 382. The van der Waals surface area contributed by atoms with Crippen molar-refractivity contribution in [3.05, 3.63) is 28.0 Å². The Morgan fingerprint density at radius 2 is 2.21 bits per heavy atom. The fourth-order valence-corrected chi connectivity index (χ4v) is 1.22. The third-order valence-corrected chi connectivity index (χ3v) is 2.16. The van der Waals surface area contributed by atoms with Gasteiger partial charge in [0.15, 0.2) is 0 Å². The predicted molar refractivity (Wildman–Crippen MR) is 45.9 cm³/mol. The van der Waals surface area contributed by atoms with E-state index >= 15 is 0 Å². The maximum atomic E-state index is 12.5. The molecule has 0 saturated heterocycles. The van der Waals surface area contributed by atoms with Gasteiger partial charge in [-0.1, -0.05) is 11.6 Å². The van der Waals surface area contributed by atoms with Crippen LogP contribution in [0.3, 0.4) is 0 Å². The van der Waals surface area contributed by atoms with Gasteiger partial charge in [-0.2, -0.15) is 0 Å². The lowest BCUT2D eigenvalue weighted by Crippen LogP contribution is -2.06. The number of hydrogen-bond acceptors (Lipinski definition) is 2. The first-order valence-electron chi connectivity index (χ1n) is 3.61. The number of pyridine rings is 1. The summed E-state index contributed by atoms with van der Waals surface area (Å²) in [6.07, 6.45) is -2.04. The number of carboxylic acids is 1. The van der Waals surface area contributed by atoms with E-state index in [0.717, 1.165) is 6.20 Å². The molecule has 0 unspecified atom stereocenters. The molecular formula is C8H6ClF2NO2. The minimum absolute atomic E-state index is 0.187. The average molecular weight is 222 g/mol. The Balaban J connectivity index is 3.45. The lowest BCUT2D eigenvalue weighted by Gasteiger charge is -2.08. The van der Waals surface area contributed by atoms with E-state index in [1.54, 1.807) is 0 Å². The molecular weight excluding hydrogens is 216 g/mol. The minimum Gasteiger partial charge on any atom is -0.478 e. The van der Waals surface area contributed by atoms with Crippen molar-refractivity contribution in [2.45, 2.75) is 13.3 Å². The summed E-state index contributed by atoms with van der Waals surface area (Å²) in [5, 5.41) is 8.31. The Morgan fingerprint density at radius 1 is 1.64 bits per heavy atom. The molecule has 14 heavy (non-hydrogen) atoms. The smallest absolute Gasteiger partial charge is 0.337 e. The highest BCUT2D eigenvalue weighted by Gasteiger charge is 2.23. The van der Waals surface area contributed by atoms with Crippen molar-refractivity contribution in [3.8, 4) is 0 Å². The Morgan fingerprint density at radius 3 is 2.64 bits per heavy atom. The first-order valence-corrected chi connectivity index (χ1v) is 3.99. The van der Waals surface area contributed by atoms with E-state index in [4.69, 9.17) is 16.7 Å². The fraction of sp³-hybridized carbons (Fsp3) is 0.250. The molecule has 3 nitrogen and oxygen atoms in total. The highest BCUT2D eigenvalue weighted by atomic mass is 35.5. The van der Waals surface area contributed by atoms with Crippen molar-refractivity contribution in [3.63, 3.8) is 0 Å². The van der Waals surface area contributed by atoms with Crippen LogP contribution in [0.5, 0.6) is 0 Å². The summed E-state index contributed by atoms with van der Waals surface area (Å²) < 4.78 is 24.9. The Labute approximate surface area is 83.3 Å². The van der Waals surface area contributed by atoms with Gasteiger partial charge in [-0.25, -0.2) is 13.6 Å². The summed E-state index contributed by atoms with van der Waals surface area (Å²) in [5.41, 5.74) is -1.05. The van der Waals surface area contributed by atoms with Gasteiger partial charge in [0.2, 0.25) is 0 Å². The van der Waals surface area contributed by atoms with E-state index in [2.05, 4.69) is 4.98 Å². The second-order valence-corrected chi connectivity index (χ2v) is 2.97. The quantitative estimate of drug-likeness (QED) is 0.835. The van der Waals surface area contributed by atoms with Crippen LogP contribution < -0.4 is 0 Å². The standard InChI is InChI=1S/C8H6ClF2NO2/c1-3-6(9)5(7(10)11)4(2-12-3)8(13)14/h2,7H,1H3,(H,13,14). The molecule has 1 rings (SSSR count). The van der Waals surface area contributed by atoms with Crippen molar-refractivity contribution in [2.75, 3.05) is 0 Å². The minimum atomic E-state index is -2.92. The van der Waals surface area contributed by atoms with Gasteiger partial charge >= 0.3 is 5.97 Å². The highest BCUT2D eigenvalue weighted by molar-refractivity contribution is 6.32. The van der Waals surface area contributed by atoms with Crippen LogP contribution >= 0.6 is 11.6 Å². The predicted octanol–water partition coefficient (Wildman–Crippen LogP) is 2.68. The SMILES string of the molecule is Cc1ncc(C(=O)O)c(C(F)F)c1Cl. The number of aryl methyl sites for hydroxylation is 1. The molecule has 0 atom stereocenters. The van der Waals surface area contributed by atoms with Gasteiger partial charge in [-0.05, 0) is 6.92 Å². The highest BCUT2D eigenvalue weighted by Crippen LogP contribution is 2.31. The molecule has 0 bridgehead atoms. The molecule has 1 aromatic heterocycles. The molecule has 0 aromatic carbocycles. The number of nitrogens with zero attached hydrogens (tertiary/aromatic N) is 1. The van der Waals surface area contributed by atoms with Crippen molar-refractivity contribution >= 4 is 17.6 Å². The zero-order valence-electron chi connectivity index (χ0n) is 7.09. The molecule has 1 heterocycles. The summed E-state index contributed by atoms with van der Waals surface area (Å²) in [4.78, 5) is 14.2. The molecule has 0 radical (unpaired) electrons. The largest absolute Gasteiger partial charge is 0.478 e. The average Bonchev–Trinajstić information content (AvgIpc) is 2.08. The third-order valence-electron chi connectivity index (χ3n) is 1.68.